The Balaban J connectivity index is 1.53. The number of nitrogens with two attached hydrogens (primary N) is 2. The highest BCUT2D eigenvalue weighted by atomic mass is 16.6. The number of nitrogens with zero attached hydrogens (tertiary/aromatic N) is 2. The SMILES string of the molecule is COCCC(N[C@H](c1ncc(-c2ccc(-c3ccc(-c4cnc([C@@H](NC(CCOC)C(=O)OC(N)=O)C(C)C)[nH]4)c(C)c3C)cc2)[nH]1)C(C)C)C(=O)OC(N)=O. The van der Waals surface area contributed by atoms with Gasteiger partial charge in [0, 0.05) is 33.0 Å². The van der Waals surface area contributed by atoms with E-state index in [4.69, 9.17) is 20.9 Å². The Morgan fingerprint density at radius 3 is 1.50 bits per heavy atom. The van der Waals surface area contributed by atoms with Crippen molar-refractivity contribution < 1.29 is 38.1 Å². The van der Waals surface area contributed by atoms with E-state index < -0.39 is 36.2 Å². The molecule has 0 aliphatic heterocycles. The molecule has 2 aromatic carbocycles. The van der Waals surface area contributed by atoms with Crippen LogP contribution in [0.2, 0.25) is 0 Å². The predicted molar refractivity (Wildman–Crippen MR) is 210 cm³/mol. The summed E-state index contributed by atoms with van der Waals surface area (Å²) in [5.74, 6) is -0.245. The minimum Gasteiger partial charge on any atom is -0.385 e. The van der Waals surface area contributed by atoms with Crippen molar-refractivity contribution in [2.45, 2.75) is 78.6 Å². The molecule has 4 rings (SSSR count). The average molecular weight is 775 g/mol. The van der Waals surface area contributed by atoms with Gasteiger partial charge in [-0.15, -0.1) is 0 Å². The molecule has 8 N–H and O–H groups in total. The van der Waals surface area contributed by atoms with Crippen molar-refractivity contribution in [2.24, 2.45) is 23.3 Å². The molecule has 16 nitrogen and oxygen atoms in total. The van der Waals surface area contributed by atoms with E-state index in [1.807, 2.05) is 39.8 Å². The number of methoxy groups -OCH3 is 2. The van der Waals surface area contributed by atoms with Gasteiger partial charge in [-0.05, 0) is 66.3 Å². The number of ether oxygens (including phenoxy) is 4. The molecule has 0 radical (unpaired) electrons. The number of nitrogens with one attached hydrogen (secondary N) is 4. The van der Waals surface area contributed by atoms with Gasteiger partial charge in [-0.25, -0.2) is 29.1 Å². The normalized spacial score (nSPS) is 13.7. The number of H-pyrrole nitrogens is 2. The molecule has 0 aliphatic carbocycles. The molecular formula is C40H54N8O8. The van der Waals surface area contributed by atoms with Crippen LogP contribution in [-0.2, 0) is 28.5 Å². The number of rotatable bonds is 19. The van der Waals surface area contributed by atoms with Crippen LogP contribution in [0.4, 0.5) is 9.59 Å². The van der Waals surface area contributed by atoms with Gasteiger partial charge in [-0.2, -0.15) is 0 Å². The third-order valence-electron chi connectivity index (χ3n) is 9.65. The summed E-state index contributed by atoms with van der Waals surface area (Å²) < 4.78 is 19.7. The topological polar surface area (TPSA) is 239 Å². The highest BCUT2D eigenvalue weighted by Crippen LogP contribution is 2.34. The Kier molecular flexibility index (Phi) is 15.4. The Bertz CT molecular complexity index is 1960. The number of benzene rings is 2. The maximum Gasteiger partial charge on any atom is 0.412 e. The number of aromatic amines is 2. The molecule has 16 heteroatoms. The highest BCUT2D eigenvalue weighted by Gasteiger charge is 2.30. The number of primary amides is 2. The lowest BCUT2D eigenvalue weighted by Crippen LogP contribution is -2.44. The molecule has 0 aliphatic rings. The fourth-order valence-electron chi connectivity index (χ4n) is 6.49. The Labute approximate surface area is 326 Å². The van der Waals surface area contributed by atoms with E-state index in [-0.39, 0.29) is 50.0 Å². The molecule has 302 valence electrons. The van der Waals surface area contributed by atoms with Gasteiger partial charge in [-0.3, -0.25) is 10.6 Å². The number of amides is 2. The van der Waals surface area contributed by atoms with Gasteiger partial charge in [0.15, 0.2) is 0 Å². The van der Waals surface area contributed by atoms with Crippen molar-refractivity contribution in [3.05, 3.63) is 71.6 Å². The van der Waals surface area contributed by atoms with Crippen LogP contribution in [-0.4, -0.2) is 83.6 Å². The van der Waals surface area contributed by atoms with Gasteiger partial charge in [0.2, 0.25) is 0 Å². The molecule has 2 unspecified atom stereocenters. The third-order valence-corrected chi connectivity index (χ3v) is 9.65. The second-order valence-electron chi connectivity index (χ2n) is 14.3. The molecule has 56 heavy (non-hydrogen) atoms. The van der Waals surface area contributed by atoms with E-state index >= 15 is 0 Å². The summed E-state index contributed by atoms with van der Waals surface area (Å²) in [6.07, 6.45) is 1.75. The Morgan fingerprint density at radius 2 is 1.05 bits per heavy atom. The minimum absolute atomic E-state index is 0.0222. The smallest absolute Gasteiger partial charge is 0.385 e. The average Bonchev–Trinajstić information content (AvgIpc) is 3.83. The summed E-state index contributed by atoms with van der Waals surface area (Å²) >= 11 is 0. The fraction of sp³-hybridized carbons (Fsp3) is 0.450. The molecule has 0 spiro atoms. The van der Waals surface area contributed by atoms with E-state index in [1.54, 1.807) is 12.4 Å². The third kappa shape index (κ3) is 11.1. The first-order valence-corrected chi connectivity index (χ1v) is 18.5. The zero-order chi connectivity index (χ0) is 41.1. The summed E-state index contributed by atoms with van der Waals surface area (Å²) in [6.45, 7) is 12.7. The molecule has 2 heterocycles. The summed E-state index contributed by atoms with van der Waals surface area (Å²) in [6, 6.07) is 9.92. The fourth-order valence-corrected chi connectivity index (χ4v) is 6.49. The number of imidazole rings is 2. The lowest BCUT2D eigenvalue weighted by atomic mass is 9.92. The van der Waals surface area contributed by atoms with Crippen molar-refractivity contribution in [2.75, 3.05) is 27.4 Å². The lowest BCUT2D eigenvalue weighted by Gasteiger charge is -2.25. The molecule has 4 aromatic rings. The van der Waals surface area contributed by atoms with Crippen molar-refractivity contribution >= 4 is 24.1 Å². The van der Waals surface area contributed by atoms with Crippen LogP contribution in [0.3, 0.4) is 0 Å². The zero-order valence-electron chi connectivity index (χ0n) is 33.2. The summed E-state index contributed by atoms with van der Waals surface area (Å²) in [7, 11) is 3.05. The second kappa shape index (κ2) is 20.0. The van der Waals surface area contributed by atoms with E-state index in [0.29, 0.717) is 11.6 Å². The largest absolute Gasteiger partial charge is 0.412 e. The molecule has 2 amide bonds. The number of aromatic nitrogens is 4. The van der Waals surface area contributed by atoms with Crippen molar-refractivity contribution in [1.82, 2.24) is 30.6 Å². The minimum atomic E-state index is -1.17. The molecule has 0 bridgehead atoms. The lowest BCUT2D eigenvalue weighted by molar-refractivity contribution is -0.141. The van der Waals surface area contributed by atoms with Crippen LogP contribution in [0.25, 0.3) is 33.6 Å². The standard InChI is InChI=1S/C40H54N8O8/c1-21(2)33(45-29(15-17-53-7)37(49)55-39(41)51)35-43-19-31(47-35)26-11-9-25(10-12-26)27-13-14-28(24(6)23(27)5)32-20-44-36(48-32)34(22(3)4)46-30(16-18-54-8)38(50)56-40(42)52/h9-14,19-22,29-30,33-34,45-46H,15-18H2,1-8H3,(H2,41,51)(H2,42,52)(H,43,47)(H,44,48)/t29?,30?,33-,34-/m0/s1. The van der Waals surface area contributed by atoms with Crippen LogP contribution >= 0.6 is 0 Å². The van der Waals surface area contributed by atoms with Crippen molar-refractivity contribution in [1.29, 1.82) is 0 Å². The first-order valence-electron chi connectivity index (χ1n) is 18.5. The van der Waals surface area contributed by atoms with Gasteiger partial charge >= 0.3 is 24.1 Å². The van der Waals surface area contributed by atoms with E-state index in [0.717, 1.165) is 44.8 Å². The number of carbonyl (C=O) groups excluding carboxylic acids is 4. The predicted octanol–water partition coefficient (Wildman–Crippen LogP) is 5.38. The van der Waals surface area contributed by atoms with Gasteiger partial charge < -0.3 is 40.4 Å². The quantitative estimate of drug-likeness (QED) is 0.0520. The van der Waals surface area contributed by atoms with E-state index in [1.165, 1.54) is 14.2 Å². The Hall–Kier alpha value is -5.42. The highest BCUT2D eigenvalue weighted by molar-refractivity contribution is 5.87. The van der Waals surface area contributed by atoms with Crippen LogP contribution in [0, 0.1) is 25.7 Å². The first-order chi connectivity index (χ1) is 26.6. The monoisotopic (exact) mass is 774 g/mol. The first kappa shape index (κ1) is 43.3. The molecule has 0 fully saturated rings. The van der Waals surface area contributed by atoms with Crippen LogP contribution < -0.4 is 22.1 Å². The number of hydrogen-bond donors (Lipinski definition) is 6. The molecule has 0 saturated carbocycles. The Morgan fingerprint density at radius 1 is 0.643 bits per heavy atom. The van der Waals surface area contributed by atoms with Gasteiger partial charge in [0.1, 0.15) is 23.7 Å². The zero-order valence-corrected chi connectivity index (χ0v) is 33.2. The van der Waals surface area contributed by atoms with Gasteiger partial charge in [0.05, 0.1) is 35.9 Å². The number of esters is 2. The number of hydrogen-bond acceptors (Lipinski definition) is 12. The molecular weight excluding hydrogens is 720 g/mol. The second-order valence-corrected chi connectivity index (χ2v) is 14.3. The number of carbonyl (C=O) groups is 4. The molecule has 4 atom stereocenters. The van der Waals surface area contributed by atoms with Crippen molar-refractivity contribution in [3.63, 3.8) is 0 Å². The van der Waals surface area contributed by atoms with Crippen LogP contribution in [0.15, 0.2) is 48.8 Å². The summed E-state index contributed by atoms with van der Waals surface area (Å²) in [5.41, 5.74) is 18.0. The van der Waals surface area contributed by atoms with Crippen LogP contribution in [0.5, 0.6) is 0 Å². The summed E-state index contributed by atoms with van der Waals surface area (Å²) in [5, 5.41) is 6.55. The van der Waals surface area contributed by atoms with E-state index in [2.05, 4.69) is 78.2 Å². The molecule has 0 saturated heterocycles. The maximum atomic E-state index is 12.6. The maximum absolute atomic E-state index is 12.6. The summed E-state index contributed by atoms with van der Waals surface area (Å²) in [4.78, 5) is 63.9. The van der Waals surface area contributed by atoms with Crippen LogP contribution in [0.1, 0.15) is 75.4 Å². The van der Waals surface area contributed by atoms with Gasteiger partial charge in [-0.1, -0.05) is 64.1 Å². The molecule has 2 aromatic heterocycles. The van der Waals surface area contributed by atoms with Gasteiger partial charge in [0.25, 0.3) is 0 Å². The van der Waals surface area contributed by atoms with E-state index in [9.17, 15) is 19.2 Å². The van der Waals surface area contributed by atoms with Crippen molar-refractivity contribution in [3.8, 4) is 33.6 Å².